The molecule has 0 aliphatic carbocycles. The molecule has 1 aromatic rings. The zero-order chi connectivity index (χ0) is 24.3. The average molecular weight is 453 g/mol. The van der Waals surface area contributed by atoms with E-state index in [-0.39, 0.29) is 18.8 Å². The minimum Gasteiger partial charge on any atom is -0.480 e. The molecule has 1 aromatic carbocycles. The molecule has 0 radical (unpaired) electrons. The number of carboxylic acid groups (broad SMARTS) is 1. The number of amides is 3. The van der Waals surface area contributed by atoms with Crippen LogP contribution in [0.1, 0.15) is 25.8 Å². The van der Waals surface area contributed by atoms with Gasteiger partial charge in [-0.15, -0.1) is 0 Å². The van der Waals surface area contributed by atoms with Crippen LogP contribution < -0.4 is 21.7 Å². The molecule has 1 rings (SSSR count). The van der Waals surface area contributed by atoms with Crippen LogP contribution in [-0.2, 0) is 25.6 Å². The second kappa shape index (κ2) is 13.4. The maximum atomic E-state index is 12.9. The molecule has 0 aliphatic rings. The summed E-state index contributed by atoms with van der Waals surface area (Å²) in [5.41, 5.74) is 6.10. The molecule has 0 heterocycles. The van der Waals surface area contributed by atoms with Crippen molar-refractivity contribution in [3.8, 4) is 0 Å². The fourth-order valence-corrected chi connectivity index (χ4v) is 2.85. The number of aliphatic hydroxyl groups is 2. The quantitative estimate of drug-likeness (QED) is 0.181. The highest BCUT2D eigenvalue weighted by Gasteiger charge is 2.30. The molecular formula is C21H32N4O7. The number of carbonyl (C=O) groups is 4. The van der Waals surface area contributed by atoms with E-state index in [0.717, 1.165) is 0 Å². The van der Waals surface area contributed by atoms with Crippen LogP contribution in [0.2, 0.25) is 0 Å². The Kier molecular flexibility index (Phi) is 11.3. The van der Waals surface area contributed by atoms with Crippen molar-refractivity contribution in [2.24, 2.45) is 11.7 Å². The summed E-state index contributed by atoms with van der Waals surface area (Å²) >= 11 is 0. The molecule has 0 saturated carbocycles. The normalized spacial score (nSPS) is 14.7. The van der Waals surface area contributed by atoms with Crippen molar-refractivity contribution < 1.29 is 34.5 Å². The van der Waals surface area contributed by atoms with Gasteiger partial charge in [-0.3, -0.25) is 14.4 Å². The predicted octanol–water partition coefficient (Wildman–Crippen LogP) is -1.87. The first kappa shape index (κ1) is 27.0. The van der Waals surface area contributed by atoms with Gasteiger partial charge in [0.05, 0.1) is 13.2 Å². The second-order valence-electron chi connectivity index (χ2n) is 7.81. The molecule has 0 bridgehead atoms. The van der Waals surface area contributed by atoms with Crippen LogP contribution in [0.15, 0.2) is 30.3 Å². The van der Waals surface area contributed by atoms with Crippen molar-refractivity contribution in [2.75, 3.05) is 13.2 Å². The van der Waals surface area contributed by atoms with E-state index in [0.29, 0.717) is 5.56 Å². The van der Waals surface area contributed by atoms with E-state index in [1.807, 2.05) is 13.8 Å². The van der Waals surface area contributed by atoms with Gasteiger partial charge >= 0.3 is 5.97 Å². The van der Waals surface area contributed by atoms with Gasteiger partial charge in [0.2, 0.25) is 17.7 Å². The Morgan fingerprint density at radius 2 is 1.38 bits per heavy atom. The molecular weight excluding hydrogens is 420 g/mol. The van der Waals surface area contributed by atoms with E-state index < -0.39 is 61.1 Å². The number of hydrogen-bond acceptors (Lipinski definition) is 7. The van der Waals surface area contributed by atoms with Crippen LogP contribution in [-0.4, -0.2) is 76.4 Å². The summed E-state index contributed by atoms with van der Waals surface area (Å²) in [5, 5.41) is 35.0. The highest BCUT2D eigenvalue weighted by atomic mass is 16.4. The second-order valence-corrected chi connectivity index (χ2v) is 7.81. The summed E-state index contributed by atoms with van der Waals surface area (Å²) in [6.07, 6.45) is 0.246. The van der Waals surface area contributed by atoms with Crippen molar-refractivity contribution in [1.29, 1.82) is 0 Å². The van der Waals surface area contributed by atoms with E-state index in [2.05, 4.69) is 16.0 Å². The Labute approximate surface area is 186 Å². The van der Waals surface area contributed by atoms with Crippen LogP contribution >= 0.6 is 0 Å². The minimum absolute atomic E-state index is 0.00304. The molecule has 3 amide bonds. The third-order valence-electron chi connectivity index (χ3n) is 4.59. The molecule has 4 atom stereocenters. The molecule has 4 unspecified atom stereocenters. The largest absolute Gasteiger partial charge is 0.480 e. The van der Waals surface area contributed by atoms with Gasteiger partial charge in [0, 0.05) is 6.42 Å². The first-order valence-corrected chi connectivity index (χ1v) is 10.2. The Bertz CT molecular complexity index is 773. The third kappa shape index (κ3) is 9.00. The van der Waals surface area contributed by atoms with Crippen LogP contribution in [0.25, 0.3) is 0 Å². The molecule has 0 spiro atoms. The predicted molar refractivity (Wildman–Crippen MR) is 115 cm³/mol. The lowest BCUT2D eigenvalue weighted by Crippen LogP contribution is -2.58. The summed E-state index contributed by atoms with van der Waals surface area (Å²) < 4.78 is 0. The standard InChI is InChI=1S/C21H32N4O7/c1-12(2)8-16(21(31)32)24-19(29)15(9-13-6-4-3-5-7-13)23-20(30)17(11-27)25-18(28)14(22)10-26/h3-7,12,14-17,26-27H,8-11,22H2,1-2H3,(H,23,30)(H,24,29)(H,25,28)(H,31,32). The van der Waals surface area contributed by atoms with Crippen molar-refractivity contribution in [3.05, 3.63) is 35.9 Å². The van der Waals surface area contributed by atoms with Gasteiger partial charge in [-0.1, -0.05) is 44.2 Å². The maximum Gasteiger partial charge on any atom is 0.326 e. The number of aliphatic carboxylic acids is 1. The number of carbonyl (C=O) groups excluding carboxylic acids is 3. The van der Waals surface area contributed by atoms with Gasteiger partial charge in [0.1, 0.15) is 24.2 Å². The van der Waals surface area contributed by atoms with Gasteiger partial charge < -0.3 is 37.0 Å². The number of nitrogens with two attached hydrogens (primary N) is 1. The number of carboxylic acids is 1. The Balaban J connectivity index is 3.01. The molecule has 11 nitrogen and oxygen atoms in total. The van der Waals surface area contributed by atoms with Crippen molar-refractivity contribution in [1.82, 2.24) is 16.0 Å². The van der Waals surface area contributed by atoms with E-state index in [9.17, 15) is 29.4 Å². The first-order chi connectivity index (χ1) is 15.1. The molecule has 32 heavy (non-hydrogen) atoms. The zero-order valence-corrected chi connectivity index (χ0v) is 18.2. The lowest BCUT2D eigenvalue weighted by molar-refractivity contribution is -0.142. The first-order valence-electron chi connectivity index (χ1n) is 10.2. The highest BCUT2D eigenvalue weighted by molar-refractivity contribution is 5.94. The third-order valence-corrected chi connectivity index (χ3v) is 4.59. The molecule has 0 saturated heterocycles. The molecule has 0 aliphatic heterocycles. The molecule has 11 heteroatoms. The van der Waals surface area contributed by atoms with E-state index >= 15 is 0 Å². The SMILES string of the molecule is CC(C)CC(NC(=O)C(Cc1ccccc1)NC(=O)C(CO)NC(=O)C(N)CO)C(=O)O. The Morgan fingerprint density at radius 1 is 0.844 bits per heavy atom. The molecule has 8 N–H and O–H groups in total. The summed E-state index contributed by atoms with van der Waals surface area (Å²) in [6.45, 7) is 2.20. The van der Waals surface area contributed by atoms with Crippen molar-refractivity contribution in [3.63, 3.8) is 0 Å². The fraction of sp³-hybridized carbons (Fsp3) is 0.524. The topological polar surface area (TPSA) is 191 Å². The average Bonchev–Trinajstić information content (AvgIpc) is 2.75. The van der Waals surface area contributed by atoms with Gasteiger partial charge in [-0.25, -0.2) is 4.79 Å². The lowest BCUT2D eigenvalue weighted by atomic mass is 10.0. The lowest BCUT2D eigenvalue weighted by Gasteiger charge is -2.25. The van der Waals surface area contributed by atoms with Crippen LogP contribution in [0.4, 0.5) is 0 Å². The van der Waals surface area contributed by atoms with Crippen molar-refractivity contribution in [2.45, 2.75) is 50.9 Å². The Hall–Kier alpha value is -3.02. The molecule has 0 fully saturated rings. The Morgan fingerprint density at radius 3 is 1.88 bits per heavy atom. The smallest absolute Gasteiger partial charge is 0.326 e. The van der Waals surface area contributed by atoms with Crippen LogP contribution in [0, 0.1) is 5.92 Å². The van der Waals surface area contributed by atoms with Crippen LogP contribution in [0.5, 0.6) is 0 Å². The van der Waals surface area contributed by atoms with E-state index in [1.165, 1.54) is 0 Å². The number of aliphatic hydroxyl groups excluding tert-OH is 2. The highest BCUT2D eigenvalue weighted by Crippen LogP contribution is 2.08. The summed E-state index contributed by atoms with van der Waals surface area (Å²) in [7, 11) is 0. The van der Waals surface area contributed by atoms with E-state index in [4.69, 9.17) is 10.8 Å². The van der Waals surface area contributed by atoms with Gasteiger partial charge in [0.15, 0.2) is 0 Å². The summed E-state index contributed by atoms with van der Waals surface area (Å²) in [4.78, 5) is 48.9. The maximum absolute atomic E-state index is 12.9. The number of hydrogen-bond donors (Lipinski definition) is 7. The number of rotatable bonds is 13. The summed E-state index contributed by atoms with van der Waals surface area (Å²) in [6, 6.07) is 3.73. The number of nitrogens with one attached hydrogen (secondary N) is 3. The molecule has 0 aromatic heterocycles. The molecule has 178 valence electrons. The van der Waals surface area contributed by atoms with Gasteiger partial charge in [-0.05, 0) is 17.9 Å². The monoisotopic (exact) mass is 452 g/mol. The minimum atomic E-state index is -1.42. The van der Waals surface area contributed by atoms with Gasteiger partial charge in [0.25, 0.3) is 0 Å². The summed E-state index contributed by atoms with van der Waals surface area (Å²) in [5.74, 6) is -3.63. The van der Waals surface area contributed by atoms with Crippen molar-refractivity contribution >= 4 is 23.7 Å². The van der Waals surface area contributed by atoms with Crippen LogP contribution in [0.3, 0.4) is 0 Å². The zero-order valence-electron chi connectivity index (χ0n) is 18.2. The fourth-order valence-electron chi connectivity index (χ4n) is 2.85. The van der Waals surface area contributed by atoms with Gasteiger partial charge in [-0.2, -0.15) is 0 Å². The number of benzene rings is 1. The van der Waals surface area contributed by atoms with E-state index in [1.54, 1.807) is 30.3 Å².